The van der Waals surface area contributed by atoms with E-state index in [0.717, 1.165) is 33.8 Å². The van der Waals surface area contributed by atoms with Crippen molar-refractivity contribution in [1.29, 1.82) is 0 Å². The Morgan fingerprint density at radius 1 is 1.24 bits per heavy atom. The normalized spacial score (nSPS) is 16.0. The molecule has 0 atom stereocenters. The summed E-state index contributed by atoms with van der Waals surface area (Å²) in [6.45, 7) is 1.82. The average Bonchev–Trinajstić information content (AvgIpc) is 3.12. The Balaban J connectivity index is 1.81. The predicted octanol–water partition coefficient (Wildman–Crippen LogP) is 3.83. The van der Waals surface area contributed by atoms with Gasteiger partial charge < -0.3 is 9.52 Å². The number of fused-ring (bicyclic) bond motifs is 1. The van der Waals surface area contributed by atoms with Gasteiger partial charge in [-0.1, -0.05) is 6.07 Å². The van der Waals surface area contributed by atoms with Crippen LogP contribution in [0.15, 0.2) is 46.0 Å². The Kier molecular flexibility index (Phi) is 3.58. The Labute approximate surface area is 146 Å². The first-order chi connectivity index (χ1) is 12.0. The Bertz CT molecular complexity index is 1070. The summed E-state index contributed by atoms with van der Waals surface area (Å²) in [6, 6.07) is 7.03. The molecule has 1 saturated heterocycles. The molecule has 3 heterocycles. The molecule has 2 aromatic heterocycles. The molecule has 0 radical (unpaired) electrons. The minimum Gasteiger partial charge on any atom is -0.508 e. The molecule has 3 aromatic rings. The maximum absolute atomic E-state index is 11.7. The molecule has 0 spiro atoms. The van der Waals surface area contributed by atoms with Gasteiger partial charge in [-0.05, 0) is 48.0 Å². The van der Waals surface area contributed by atoms with E-state index in [1.54, 1.807) is 30.6 Å². The number of imide groups is 1. The van der Waals surface area contributed by atoms with Crippen molar-refractivity contribution in [2.45, 2.75) is 6.92 Å². The zero-order valence-corrected chi connectivity index (χ0v) is 13.9. The summed E-state index contributed by atoms with van der Waals surface area (Å²) in [4.78, 5) is 27.4. The lowest BCUT2D eigenvalue weighted by molar-refractivity contribution is -0.115. The van der Waals surface area contributed by atoms with E-state index in [4.69, 9.17) is 4.42 Å². The maximum Gasteiger partial charge on any atom is 0.290 e. The molecule has 6 nitrogen and oxygen atoms in total. The number of phenols is 1. The van der Waals surface area contributed by atoms with Crippen LogP contribution >= 0.6 is 11.8 Å². The monoisotopic (exact) mass is 352 g/mol. The second kappa shape index (κ2) is 5.78. The fraction of sp³-hybridized carbons (Fsp3) is 0.0556. The summed E-state index contributed by atoms with van der Waals surface area (Å²) in [5, 5.41) is 12.3. The fourth-order valence-electron chi connectivity index (χ4n) is 2.63. The molecule has 0 unspecified atom stereocenters. The number of carbonyl (C=O) groups is 2. The van der Waals surface area contributed by atoms with Gasteiger partial charge in [0.2, 0.25) is 0 Å². The first-order valence-corrected chi connectivity index (χ1v) is 8.25. The number of aryl methyl sites for hydroxylation is 1. The van der Waals surface area contributed by atoms with Gasteiger partial charge in [-0.25, -0.2) is 0 Å². The minimum atomic E-state index is -0.428. The van der Waals surface area contributed by atoms with Crippen molar-refractivity contribution in [3.8, 4) is 16.9 Å². The molecule has 1 aromatic carbocycles. The highest BCUT2D eigenvalue weighted by molar-refractivity contribution is 8.18. The van der Waals surface area contributed by atoms with Gasteiger partial charge in [0.1, 0.15) is 17.1 Å². The number of nitrogens with zero attached hydrogens (tertiary/aromatic N) is 1. The van der Waals surface area contributed by atoms with Crippen LogP contribution < -0.4 is 5.32 Å². The van der Waals surface area contributed by atoms with E-state index in [-0.39, 0.29) is 5.75 Å². The molecule has 2 N–H and O–H groups in total. The zero-order valence-electron chi connectivity index (χ0n) is 13.1. The molecule has 7 heteroatoms. The van der Waals surface area contributed by atoms with Crippen molar-refractivity contribution in [2.75, 3.05) is 0 Å². The van der Waals surface area contributed by atoms with Crippen LogP contribution in [0.1, 0.15) is 11.3 Å². The lowest BCUT2D eigenvalue weighted by atomic mass is 10.0. The standard InChI is InChI=1S/C18H12N2O4S/c1-9-4-10(2-3-14(9)21)13-8-19-7-11-5-12(24-16(11)13)6-15-17(22)20-18(23)25-15/h2-8,21H,1H3,(H,20,22,23)/b15-6-. The SMILES string of the molecule is Cc1cc(-c2cncc3cc(/C=C4\SC(=O)NC4=O)oc23)ccc1O. The van der Waals surface area contributed by atoms with Gasteiger partial charge in [-0.2, -0.15) is 0 Å². The topological polar surface area (TPSA) is 92.4 Å². The van der Waals surface area contributed by atoms with E-state index < -0.39 is 11.1 Å². The number of thioether (sulfide) groups is 1. The number of phenolic OH excluding ortho intramolecular Hbond substituents is 1. The third-order valence-electron chi connectivity index (χ3n) is 3.86. The molecule has 0 aliphatic carbocycles. The minimum absolute atomic E-state index is 0.225. The predicted molar refractivity (Wildman–Crippen MR) is 95.0 cm³/mol. The fourth-order valence-corrected chi connectivity index (χ4v) is 3.29. The summed E-state index contributed by atoms with van der Waals surface area (Å²) < 4.78 is 5.89. The molecule has 25 heavy (non-hydrogen) atoms. The Morgan fingerprint density at radius 2 is 2.08 bits per heavy atom. The van der Waals surface area contributed by atoms with Gasteiger partial charge in [-0.15, -0.1) is 0 Å². The van der Waals surface area contributed by atoms with Crippen molar-refractivity contribution < 1.29 is 19.1 Å². The van der Waals surface area contributed by atoms with Crippen LogP contribution in [-0.2, 0) is 4.79 Å². The summed E-state index contributed by atoms with van der Waals surface area (Å²) in [5.41, 5.74) is 3.03. The molecule has 124 valence electrons. The highest BCUT2D eigenvalue weighted by Crippen LogP contribution is 2.34. The number of benzene rings is 1. The van der Waals surface area contributed by atoms with Gasteiger partial charge in [-0.3, -0.25) is 19.9 Å². The number of pyridine rings is 1. The number of nitrogens with one attached hydrogen (secondary N) is 1. The summed E-state index contributed by atoms with van der Waals surface area (Å²) in [6.07, 6.45) is 4.90. The third-order valence-corrected chi connectivity index (χ3v) is 4.68. The zero-order chi connectivity index (χ0) is 17.6. The maximum atomic E-state index is 11.7. The number of amides is 2. The summed E-state index contributed by atoms with van der Waals surface area (Å²) in [7, 11) is 0. The van der Waals surface area contributed by atoms with Gasteiger partial charge >= 0.3 is 0 Å². The number of aromatic nitrogens is 1. The summed E-state index contributed by atoms with van der Waals surface area (Å²) >= 11 is 0.841. The van der Waals surface area contributed by atoms with Crippen molar-refractivity contribution >= 4 is 40.0 Å². The highest BCUT2D eigenvalue weighted by Gasteiger charge is 2.25. The largest absolute Gasteiger partial charge is 0.508 e. The second-order valence-electron chi connectivity index (χ2n) is 5.61. The molecule has 0 bridgehead atoms. The number of hydrogen-bond acceptors (Lipinski definition) is 6. The number of hydrogen-bond donors (Lipinski definition) is 2. The van der Waals surface area contributed by atoms with E-state index in [0.29, 0.717) is 16.2 Å². The van der Waals surface area contributed by atoms with Gasteiger partial charge in [0.25, 0.3) is 11.1 Å². The first-order valence-electron chi connectivity index (χ1n) is 7.43. The van der Waals surface area contributed by atoms with Crippen LogP contribution in [0, 0.1) is 6.92 Å². The average molecular weight is 352 g/mol. The quantitative estimate of drug-likeness (QED) is 0.681. The first kappa shape index (κ1) is 15.5. The van der Waals surface area contributed by atoms with E-state index in [9.17, 15) is 14.7 Å². The van der Waals surface area contributed by atoms with Crippen molar-refractivity contribution in [1.82, 2.24) is 10.3 Å². The smallest absolute Gasteiger partial charge is 0.290 e. The van der Waals surface area contributed by atoms with Crippen LogP contribution in [0.2, 0.25) is 0 Å². The lowest BCUT2D eigenvalue weighted by Gasteiger charge is -2.05. The highest BCUT2D eigenvalue weighted by atomic mass is 32.2. The molecular formula is C18H12N2O4S. The van der Waals surface area contributed by atoms with Gasteiger partial charge in [0.15, 0.2) is 0 Å². The number of furan rings is 1. The molecule has 1 fully saturated rings. The lowest BCUT2D eigenvalue weighted by Crippen LogP contribution is -2.17. The Hall–Kier alpha value is -3.06. The van der Waals surface area contributed by atoms with Crippen molar-refractivity contribution in [3.05, 3.63) is 52.9 Å². The number of carbonyl (C=O) groups excluding carboxylic acids is 2. The Morgan fingerprint density at radius 3 is 2.80 bits per heavy atom. The molecule has 1 aliphatic heterocycles. The molecule has 4 rings (SSSR count). The second-order valence-corrected chi connectivity index (χ2v) is 6.62. The van der Waals surface area contributed by atoms with E-state index >= 15 is 0 Å². The van der Waals surface area contributed by atoms with Crippen molar-refractivity contribution in [2.24, 2.45) is 0 Å². The molecule has 2 amide bonds. The molecule has 1 aliphatic rings. The van der Waals surface area contributed by atoms with Crippen LogP contribution in [0.5, 0.6) is 5.75 Å². The van der Waals surface area contributed by atoms with E-state index in [1.165, 1.54) is 6.08 Å². The van der Waals surface area contributed by atoms with Crippen LogP contribution in [-0.4, -0.2) is 21.2 Å². The third kappa shape index (κ3) is 2.78. The van der Waals surface area contributed by atoms with Gasteiger partial charge in [0.05, 0.1) is 4.91 Å². The number of rotatable bonds is 2. The van der Waals surface area contributed by atoms with Crippen LogP contribution in [0.25, 0.3) is 28.2 Å². The van der Waals surface area contributed by atoms with Crippen molar-refractivity contribution in [3.63, 3.8) is 0 Å². The van der Waals surface area contributed by atoms with E-state index in [2.05, 4.69) is 10.3 Å². The summed E-state index contributed by atoms with van der Waals surface area (Å²) in [5.74, 6) is 0.262. The molecule has 0 saturated carbocycles. The number of aromatic hydroxyl groups is 1. The van der Waals surface area contributed by atoms with Gasteiger partial charge in [0, 0.05) is 29.4 Å². The van der Waals surface area contributed by atoms with Crippen LogP contribution in [0.4, 0.5) is 4.79 Å². The van der Waals surface area contributed by atoms with E-state index in [1.807, 2.05) is 13.0 Å². The van der Waals surface area contributed by atoms with Crippen LogP contribution in [0.3, 0.4) is 0 Å². The molecular weight excluding hydrogens is 340 g/mol.